The van der Waals surface area contributed by atoms with Gasteiger partial charge in [0.15, 0.2) is 6.29 Å². The van der Waals surface area contributed by atoms with Crippen molar-refractivity contribution < 1.29 is 14.3 Å². The molecule has 0 aliphatic carbocycles. The third kappa shape index (κ3) is 9.19. The van der Waals surface area contributed by atoms with Crippen LogP contribution in [0.1, 0.15) is 46.5 Å². The van der Waals surface area contributed by atoms with E-state index in [9.17, 15) is 4.79 Å². The summed E-state index contributed by atoms with van der Waals surface area (Å²) in [5.41, 5.74) is 0.496. The van der Waals surface area contributed by atoms with E-state index in [1.807, 2.05) is 0 Å². The van der Waals surface area contributed by atoms with Gasteiger partial charge >= 0.3 is 0 Å². The van der Waals surface area contributed by atoms with Gasteiger partial charge in [-0.05, 0) is 19.8 Å². The van der Waals surface area contributed by atoms with E-state index in [0.29, 0.717) is 25.3 Å². The highest BCUT2D eigenvalue weighted by molar-refractivity contribution is 5.92. The van der Waals surface area contributed by atoms with Gasteiger partial charge in [-0.15, -0.1) is 0 Å². The number of unbranched alkanes of at least 4 members (excludes halogenated alkanes) is 2. The van der Waals surface area contributed by atoms with Crippen molar-refractivity contribution in [2.24, 2.45) is 0 Å². The molecule has 0 saturated heterocycles. The van der Waals surface area contributed by atoms with Crippen molar-refractivity contribution in [2.45, 2.75) is 52.7 Å². The van der Waals surface area contributed by atoms with E-state index in [-0.39, 0.29) is 12.2 Å². The van der Waals surface area contributed by atoms with E-state index >= 15 is 0 Å². The summed E-state index contributed by atoms with van der Waals surface area (Å²) in [6.45, 7) is 11.2. The molecule has 0 aliphatic rings. The zero-order valence-corrected chi connectivity index (χ0v) is 12.0. The quantitative estimate of drug-likeness (QED) is 0.352. The van der Waals surface area contributed by atoms with E-state index in [2.05, 4.69) is 25.7 Å². The highest BCUT2D eigenvalue weighted by atomic mass is 16.7. The number of carbonyl (C=O) groups is 1. The summed E-state index contributed by atoms with van der Waals surface area (Å²) < 4.78 is 11.2. The molecule has 0 atom stereocenters. The van der Waals surface area contributed by atoms with Crippen molar-refractivity contribution in [2.75, 3.05) is 19.8 Å². The third-order valence-corrected chi connectivity index (χ3v) is 2.42. The van der Waals surface area contributed by atoms with Crippen molar-refractivity contribution in [1.82, 2.24) is 5.32 Å². The second-order valence-corrected chi connectivity index (χ2v) is 4.37. The predicted molar refractivity (Wildman–Crippen MR) is 73.3 cm³/mol. The molecule has 0 aromatic rings. The van der Waals surface area contributed by atoms with Crippen LogP contribution in [0.25, 0.3) is 0 Å². The lowest BCUT2D eigenvalue weighted by atomic mass is 10.3. The molecule has 4 heteroatoms. The molecule has 0 rings (SSSR count). The highest BCUT2D eigenvalue weighted by Gasteiger charge is 2.11. The maximum Gasteiger partial charge on any atom is 0.246 e. The van der Waals surface area contributed by atoms with E-state index in [1.54, 1.807) is 6.92 Å². The normalized spacial score (nSPS) is 10.7. The Balaban J connectivity index is 3.94. The van der Waals surface area contributed by atoms with Crippen molar-refractivity contribution in [1.29, 1.82) is 0 Å². The molecular formula is C14H27NO3. The summed E-state index contributed by atoms with van der Waals surface area (Å²) in [7, 11) is 0. The van der Waals surface area contributed by atoms with Gasteiger partial charge < -0.3 is 14.8 Å². The van der Waals surface area contributed by atoms with Crippen LogP contribution in [0.15, 0.2) is 12.2 Å². The van der Waals surface area contributed by atoms with Crippen LogP contribution in [-0.4, -0.2) is 32.0 Å². The van der Waals surface area contributed by atoms with Crippen LogP contribution in [0.3, 0.4) is 0 Å². The van der Waals surface area contributed by atoms with Crippen molar-refractivity contribution >= 4 is 5.91 Å². The fourth-order valence-corrected chi connectivity index (χ4v) is 1.21. The van der Waals surface area contributed by atoms with Gasteiger partial charge in [0.2, 0.25) is 5.91 Å². The third-order valence-electron chi connectivity index (χ3n) is 2.42. The molecule has 0 unspecified atom stereocenters. The van der Waals surface area contributed by atoms with Gasteiger partial charge in [-0.25, -0.2) is 0 Å². The molecule has 0 aromatic carbocycles. The number of carbonyl (C=O) groups excluding carboxylic acids is 1. The number of amides is 1. The van der Waals surface area contributed by atoms with Gasteiger partial charge in [0.1, 0.15) is 0 Å². The topological polar surface area (TPSA) is 47.6 Å². The average molecular weight is 257 g/mol. The molecular weight excluding hydrogens is 230 g/mol. The van der Waals surface area contributed by atoms with Crippen molar-refractivity contribution in [3.8, 4) is 0 Å². The van der Waals surface area contributed by atoms with Crippen LogP contribution < -0.4 is 5.32 Å². The second kappa shape index (κ2) is 11.2. The summed E-state index contributed by atoms with van der Waals surface area (Å²) in [4.78, 5) is 11.4. The lowest BCUT2D eigenvalue weighted by Gasteiger charge is -2.19. The van der Waals surface area contributed by atoms with Gasteiger partial charge in [0, 0.05) is 18.8 Å². The maximum absolute atomic E-state index is 11.4. The summed E-state index contributed by atoms with van der Waals surface area (Å²) in [6, 6.07) is 0. The number of rotatable bonds is 11. The van der Waals surface area contributed by atoms with Crippen LogP contribution in [0, 0.1) is 0 Å². The minimum atomic E-state index is -0.355. The minimum Gasteiger partial charge on any atom is -0.351 e. The zero-order chi connectivity index (χ0) is 13.8. The molecule has 0 aromatic heterocycles. The molecule has 18 heavy (non-hydrogen) atoms. The first-order chi connectivity index (χ1) is 8.61. The Labute approximate surface area is 111 Å². The lowest BCUT2D eigenvalue weighted by molar-refractivity contribution is -0.144. The van der Waals surface area contributed by atoms with Crippen LogP contribution in [0.4, 0.5) is 0 Å². The molecule has 0 radical (unpaired) electrons. The molecule has 1 N–H and O–H groups in total. The Morgan fingerprint density at radius 1 is 1.17 bits per heavy atom. The molecule has 106 valence electrons. The monoisotopic (exact) mass is 257 g/mol. The Hall–Kier alpha value is -0.870. The first kappa shape index (κ1) is 17.1. The van der Waals surface area contributed by atoms with Crippen LogP contribution >= 0.6 is 0 Å². The number of hydrogen-bond donors (Lipinski definition) is 1. The van der Waals surface area contributed by atoms with Gasteiger partial charge in [0.25, 0.3) is 0 Å². The fraction of sp³-hybridized carbons (Fsp3) is 0.786. The summed E-state index contributed by atoms with van der Waals surface area (Å²) in [6.07, 6.45) is 3.82. The average Bonchev–Trinajstić information content (AvgIpc) is 2.35. The molecule has 0 heterocycles. The largest absolute Gasteiger partial charge is 0.351 e. The summed E-state index contributed by atoms with van der Waals surface area (Å²) in [5.74, 6) is -0.154. The van der Waals surface area contributed by atoms with Gasteiger partial charge in [0.05, 0.1) is 6.54 Å². The van der Waals surface area contributed by atoms with E-state index < -0.39 is 0 Å². The SMILES string of the molecule is C=C(C)C(=O)NCC(OCCCC)OCCCC. The zero-order valence-electron chi connectivity index (χ0n) is 12.0. The van der Waals surface area contributed by atoms with Gasteiger partial charge in [-0.3, -0.25) is 4.79 Å². The fourth-order valence-electron chi connectivity index (χ4n) is 1.21. The van der Waals surface area contributed by atoms with Crippen molar-refractivity contribution in [3.63, 3.8) is 0 Å². The molecule has 1 amide bonds. The van der Waals surface area contributed by atoms with Crippen molar-refractivity contribution in [3.05, 3.63) is 12.2 Å². The minimum absolute atomic E-state index is 0.154. The second-order valence-electron chi connectivity index (χ2n) is 4.37. The lowest BCUT2D eigenvalue weighted by Crippen LogP contribution is -2.36. The summed E-state index contributed by atoms with van der Waals surface area (Å²) in [5, 5.41) is 2.75. The first-order valence-electron chi connectivity index (χ1n) is 6.78. The highest BCUT2D eigenvalue weighted by Crippen LogP contribution is 2.00. The van der Waals surface area contributed by atoms with E-state index in [4.69, 9.17) is 9.47 Å². The molecule has 0 saturated carbocycles. The van der Waals surface area contributed by atoms with E-state index in [0.717, 1.165) is 25.7 Å². The van der Waals surface area contributed by atoms with Crippen LogP contribution in [-0.2, 0) is 14.3 Å². The number of nitrogens with one attached hydrogen (secondary N) is 1. The van der Waals surface area contributed by atoms with Crippen LogP contribution in [0.2, 0.25) is 0 Å². The Kier molecular flexibility index (Phi) is 10.7. The molecule has 4 nitrogen and oxygen atoms in total. The Morgan fingerprint density at radius 3 is 2.06 bits per heavy atom. The van der Waals surface area contributed by atoms with Gasteiger partial charge in [-0.1, -0.05) is 33.3 Å². The maximum atomic E-state index is 11.4. The van der Waals surface area contributed by atoms with Gasteiger partial charge in [-0.2, -0.15) is 0 Å². The summed E-state index contributed by atoms with van der Waals surface area (Å²) >= 11 is 0. The molecule has 0 spiro atoms. The van der Waals surface area contributed by atoms with Crippen LogP contribution in [0.5, 0.6) is 0 Å². The first-order valence-corrected chi connectivity index (χ1v) is 6.78. The molecule has 0 bridgehead atoms. The van der Waals surface area contributed by atoms with E-state index in [1.165, 1.54) is 0 Å². The number of ether oxygens (including phenoxy) is 2. The predicted octanol–water partition coefficient (Wildman–Crippen LogP) is 2.64. The molecule has 0 aliphatic heterocycles. The molecule has 0 fully saturated rings. The Bertz CT molecular complexity index is 231. The smallest absolute Gasteiger partial charge is 0.246 e. The standard InChI is InChI=1S/C14H27NO3/c1-5-7-9-17-13(18-10-8-6-2)11-15-14(16)12(3)4/h13H,3,5-11H2,1-2,4H3,(H,15,16). The number of hydrogen-bond acceptors (Lipinski definition) is 3. The Morgan fingerprint density at radius 2 is 1.67 bits per heavy atom.